The van der Waals surface area contributed by atoms with Gasteiger partial charge in [0.05, 0.1) is 24.1 Å². The molecule has 0 atom stereocenters. The van der Waals surface area contributed by atoms with Crippen LogP contribution >= 0.6 is 11.6 Å². The van der Waals surface area contributed by atoms with Crippen molar-refractivity contribution in [1.82, 2.24) is 0 Å². The lowest BCUT2D eigenvalue weighted by atomic mass is 10.1. The van der Waals surface area contributed by atoms with Crippen LogP contribution in [-0.4, -0.2) is 13.1 Å². The molecule has 0 bridgehead atoms. The SMILES string of the molecule is COC(=O)Cc1cc(F)cc(C(F)(F)F)c1Cl. The van der Waals surface area contributed by atoms with Crippen LogP contribution in [0.5, 0.6) is 0 Å². The van der Waals surface area contributed by atoms with Crippen molar-refractivity contribution in [3.63, 3.8) is 0 Å². The van der Waals surface area contributed by atoms with Gasteiger partial charge in [-0.2, -0.15) is 13.2 Å². The van der Waals surface area contributed by atoms with E-state index in [2.05, 4.69) is 4.74 Å². The van der Waals surface area contributed by atoms with E-state index in [0.717, 1.165) is 13.2 Å². The molecule has 0 heterocycles. The molecule has 94 valence electrons. The van der Waals surface area contributed by atoms with E-state index in [1.807, 2.05) is 0 Å². The average Bonchev–Trinajstić information content (AvgIpc) is 2.21. The maximum Gasteiger partial charge on any atom is 0.417 e. The zero-order chi connectivity index (χ0) is 13.2. The Kier molecular flexibility index (Phi) is 3.98. The van der Waals surface area contributed by atoms with Gasteiger partial charge in [-0.15, -0.1) is 0 Å². The summed E-state index contributed by atoms with van der Waals surface area (Å²) in [5.41, 5.74) is -1.57. The molecule has 7 heteroatoms. The summed E-state index contributed by atoms with van der Waals surface area (Å²) in [4.78, 5) is 10.9. The van der Waals surface area contributed by atoms with Gasteiger partial charge in [0.25, 0.3) is 0 Å². The first kappa shape index (κ1) is 13.8. The predicted molar refractivity (Wildman–Crippen MR) is 52.1 cm³/mol. The minimum atomic E-state index is -4.77. The highest BCUT2D eigenvalue weighted by Crippen LogP contribution is 2.37. The molecule has 0 saturated heterocycles. The number of benzene rings is 1. The number of carbonyl (C=O) groups is 1. The fraction of sp³-hybridized carbons (Fsp3) is 0.300. The second-order valence-corrected chi connectivity index (χ2v) is 3.56. The molecule has 0 aliphatic carbocycles. The number of alkyl halides is 3. The quantitative estimate of drug-likeness (QED) is 0.609. The first-order valence-corrected chi connectivity index (χ1v) is 4.75. The average molecular weight is 271 g/mol. The molecule has 17 heavy (non-hydrogen) atoms. The summed E-state index contributed by atoms with van der Waals surface area (Å²) in [5.74, 6) is -1.91. The van der Waals surface area contributed by atoms with Gasteiger partial charge >= 0.3 is 12.1 Å². The van der Waals surface area contributed by atoms with E-state index >= 15 is 0 Å². The lowest BCUT2D eigenvalue weighted by Gasteiger charge is -2.12. The van der Waals surface area contributed by atoms with Gasteiger partial charge in [-0.3, -0.25) is 4.79 Å². The van der Waals surface area contributed by atoms with Gasteiger partial charge in [-0.1, -0.05) is 11.6 Å². The summed E-state index contributed by atoms with van der Waals surface area (Å²) in [6.07, 6.45) is -5.29. The van der Waals surface area contributed by atoms with Gasteiger partial charge in [-0.25, -0.2) is 4.39 Å². The molecule has 1 aromatic carbocycles. The number of ether oxygens (including phenoxy) is 1. The number of hydrogen-bond donors (Lipinski definition) is 0. The number of halogens is 5. The van der Waals surface area contributed by atoms with Crippen LogP contribution in [0.15, 0.2) is 12.1 Å². The Labute approximate surface area is 99.1 Å². The number of rotatable bonds is 2. The van der Waals surface area contributed by atoms with Crippen molar-refractivity contribution in [3.8, 4) is 0 Å². The van der Waals surface area contributed by atoms with E-state index < -0.39 is 35.0 Å². The third-order valence-electron chi connectivity index (χ3n) is 1.98. The highest BCUT2D eigenvalue weighted by molar-refractivity contribution is 6.32. The van der Waals surface area contributed by atoms with Crippen LogP contribution in [0, 0.1) is 5.82 Å². The van der Waals surface area contributed by atoms with Crippen LogP contribution in [0.3, 0.4) is 0 Å². The minimum Gasteiger partial charge on any atom is -0.469 e. The fourth-order valence-corrected chi connectivity index (χ4v) is 1.49. The van der Waals surface area contributed by atoms with Crippen molar-refractivity contribution in [1.29, 1.82) is 0 Å². The third kappa shape index (κ3) is 3.33. The standard InChI is InChI=1S/C10H7ClF4O2/c1-17-8(16)3-5-2-6(12)4-7(9(5)11)10(13,14)15/h2,4H,3H2,1H3. The fourth-order valence-electron chi connectivity index (χ4n) is 1.21. The van der Waals surface area contributed by atoms with Gasteiger partial charge in [0.1, 0.15) is 5.82 Å². The van der Waals surface area contributed by atoms with Crippen molar-refractivity contribution in [2.45, 2.75) is 12.6 Å². The molecule has 0 spiro atoms. The molecule has 0 amide bonds. The van der Waals surface area contributed by atoms with E-state index in [9.17, 15) is 22.4 Å². The van der Waals surface area contributed by atoms with Crippen molar-refractivity contribution in [2.24, 2.45) is 0 Å². The molecule has 1 aromatic rings. The molecule has 0 aromatic heterocycles. The molecular formula is C10H7ClF4O2. The topological polar surface area (TPSA) is 26.3 Å². The molecule has 0 saturated carbocycles. The van der Waals surface area contributed by atoms with Gasteiger partial charge in [0.2, 0.25) is 0 Å². The minimum absolute atomic E-state index is 0.258. The number of carbonyl (C=O) groups excluding carboxylic acids is 1. The van der Waals surface area contributed by atoms with Crippen LogP contribution in [-0.2, 0) is 22.1 Å². The van der Waals surface area contributed by atoms with Gasteiger partial charge < -0.3 is 4.74 Å². The second-order valence-electron chi connectivity index (χ2n) is 3.18. The van der Waals surface area contributed by atoms with Crippen LogP contribution < -0.4 is 0 Å². The van der Waals surface area contributed by atoms with Gasteiger partial charge in [-0.05, 0) is 17.7 Å². The van der Waals surface area contributed by atoms with Crippen molar-refractivity contribution >= 4 is 17.6 Å². The molecule has 2 nitrogen and oxygen atoms in total. The van der Waals surface area contributed by atoms with Gasteiger partial charge in [0.15, 0.2) is 0 Å². The number of hydrogen-bond acceptors (Lipinski definition) is 2. The smallest absolute Gasteiger partial charge is 0.417 e. The molecule has 0 N–H and O–H groups in total. The Morgan fingerprint density at radius 3 is 2.47 bits per heavy atom. The molecule has 0 radical (unpaired) electrons. The highest BCUT2D eigenvalue weighted by atomic mass is 35.5. The zero-order valence-corrected chi connectivity index (χ0v) is 9.32. The van der Waals surface area contributed by atoms with E-state index in [1.54, 1.807) is 0 Å². The van der Waals surface area contributed by atoms with E-state index in [4.69, 9.17) is 11.6 Å². The Morgan fingerprint density at radius 1 is 1.41 bits per heavy atom. The summed E-state index contributed by atoms with van der Waals surface area (Å²) in [6.45, 7) is 0. The van der Waals surface area contributed by atoms with Crippen molar-refractivity contribution in [2.75, 3.05) is 7.11 Å². The van der Waals surface area contributed by atoms with E-state index in [-0.39, 0.29) is 11.6 Å². The number of methoxy groups -OCH3 is 1. The summed E-state index contributed by atoms with van der Waals surface area (Å²) in [6, 6.07) is 1.05. The van der Waals surface area contributed by atoms with Crippen LogP contribution in [0.4, 0.5) is 17.6 Å². The summed E-state index contributed by atoms with van der Waals surface area (Å²) in [5, 5.41) is -0.690. The largest absolute Gasteiger partial charge is 0.469 e. The Bertz CT molecular complexity index is 443. The summed E-state index contributed by atoms with van der Waals surface area (Å²) in [7, 11) is 1.07. The maximum absolute atomic E-state index is 13.0. The third-order valence-corrected chi connectivity index (χ3v) is 2.43. The Hall–Kier alpha value is -1.30. The molecule has 0 unspecified atom stereocenters. The Balaban J connectivity index is 3.24. The monoisotopic (exact) mass is 270 g/mol. The molecule has 1 rings (SSSR count). The highest BCUT2D eigenvalue weighted by Gasteiger charge is 2.35. The normalized spacial score (nSPS) is 11.4. The van der Waals surface area contributed by atoms with E-state index in [1.165, 1.54) is 0 Å². The van der Waals surface area contributed by atoms with Gasteiger partial charge in [0, 0.05) is 0 Å². The van der Waals surface area contributed by atoms with Crippen LogP contribution in [0.1, 0.15) is 11.1 Å². The number of esters is 1. The van der Waals surface area contributed by atoms with E-state index in [0.29, 0.717) is 0 Å². The summed E-state index contributed by atoms with van der Waals surface area (Å²) < 4.78 is 54.6. The van der Waals surface area contributed by atoms with Crippen molar-refractivity contribution in [3.05, 3.63) is 34.1 Å². The van der Waals surface area contributed by atoms with Crippen molar-refractivity contribution < 1.29 is 27.1 Å². The lowest BCUT2D eigenvalue weighted by Crippen LogP contribution is -2.11. The molecule has 0 aliphatic heterocycles. The molecular weight excluding hydrogens is 264 g/mol. The second kappa shape index (κ2) is 4.91. The molecule has 0 fully saturated rings. The first-order chi connectivity index (χ1) is 7.75. The molecule has 0 aliphatic rings. The maximum atomic E-state index is 13.0. The Morgan fingerprint density at radius 2 is 2.00 bits per heavy atom. The zero-order valence-electron chi connectivity index (χ0n) is 8.57. The predicted octanol–water partition coefficient (Wildman–Crippen LogP) is 3.21. The lowest BCUT2D eigenvalue weighted by molar-refractivity contribution is -0.140. The first-order valence-electron chi connectivity index (χ1n) is 4.37. The van der Waals surface area contributed by atoms with Crippen LogP contribution in [0.25, 0.3) is 0 Å². The summed E-state index contributed by atoms with van der Waals surface area (Å²) >= 11 is 5.47. The van der Waals surface area contributed by atoms with Crippen LogP contribution in [0.2, 0.25) is 5.02 Å².